The highest BCUT2D eigenvalue weighted by molar-refractivity contribution is 5.93. The van der Waals surface area contributed by atoms with E-state index in [0.29, 0.717) is 12.1 Å². The van der Waals surface area contributed by atoms with Gasteiger partial charge in [-0.2, -0.15) is 0 Å². The second kappa shape index (κ2) is 7.55. The van der Waals surface area contributed by atoms with Gasteiger partial charge in [-0.15, -0.1) is 0 Å². The molecule has 0 saturated heterocycles. The number of benzene rings is 1. The summed E-state index contributed by atoms with van der Waals surface area (Å²) in [6.07, 6.45) is 7.73. The van der Waals surface area contributed by atoms with Gasteiger partial charge in [0.2, 0.25) is 6.79 Å². The molecule has 6 nitrogen and oxygen atoms in total. The summed E-state index contributed by atoms with van der Waals surface area (Å²) in [5.74, 6) is 2.50. The van der Waals surface area contributed by atoms with E-state index in [4.69, 9.17) is 9.47 Å². The fourth-order valence-electron chi connectivity index (χ4n) is 3.73. The van der Waals surface area contributed by atoms with Gasteiger partial charge in [0.1, 0.15) is 5.82 Å². The van der Waals surface area contributed by atoms with Crippen LogP contribution in [0.25, 0.3) is 0 Å². The third-order valence-electron chi connectivity index (χ3n) is 5.25. The third kappa shape index (κ3) is 3.75. The van der Waals surface area contributed by atoms with Crippen LogP contribution in [-0.2, 0) is 6.54 Å². The van der Waals surface area contributed by atoms with Gasteiger partial charge in [-0.05, 0) is 30.5 Å². The molecule has 0 bridgehead atoms. The molecule has 1 aliphatic heterocycles. The smallest absolute Gasteiger partial charge is 0.257 e. The number of amides is 1. The maximum absolute atomic E-state index is 13.2. The van der Waals surface area contributed by atoms with Crippen LogP contribution in [0.5, 0.6) is 11.5 Å². The summed E-state index contributed by atoms with van der Waals surface area (Å²) < 4.78 is 10.9. The Labute approximate surface area is 159 Å². The number of carbonyl (C=O) groups is 1. The van der Waals surface area contributed by atoms with Crippen molar-refractivity contribution in [1.29, 1.82) is 0 Å². The number of nitrogens with zero attached hydrogens (tertiary/aromatic N) is 3. The van der Waals surface area contributed by atoms with Gasteiger partial charge >= 0.3 is 0 Å². The van der Waals surface area contributed by atoms with Crippen molar-refractivity contribution in [2.75, 3.05) is 6.79 Å². The zero-order valence-corrected chi connectivity index (χ0v) is 15.9. The average molecular weight is 367 g/mol. The van der Waals surface area contributed by atoms with Gasteiger partial charge in [-0.1, -0.05) is 32.8 Å². The first kappa shape index (κ1) is 17.8. The van der Waals surface area contributed by atoms with Gasteiger partial charge in [-0.3, -0.25) is 4.79 Å². The molecule has 2 aromatic rings. The highest BCUT2D eigenvalue weighted by Gasteiger charge is 2.28. The van der Waals surface area contributed by atoms with Gasteiger partial charge in [0.15, 0.2) is 11.5 Å². The van der Waals surface area contributed by atoms with Crippen molar-refractivity contribution in [3.05, 3.63) is 47.5 Å². The summed E-state index contributed by atoms with van der Waals surface area (Å²) in [5.41, 5.74) is 1.59. The number of ether oxygens (including phenoxy) is 2. The summed E-state index contributed by atoms with van der Waals surface area (Å²) in [5, 5.41) is 0. The predicted molar refractivity (Wildman–Crippen MR) is 101 cm³/mol. The standard InChI is InChI=1S/C21H25N3O3/c1-14(2)20-22-10-16(11-23-20)21(25)24(17-5-3-4-6-17)12-15-7-8-18-19(9-15)27-13-26-18/h7-11,14,17H,3-6,12-13H2,1-2H3. The molecule has 142 valence electrons. The molecule has 1 fully saturated rings. The molecule has 27 heavy (non-hydrogen) atoms. The molecular formula is C21H25N3O3. The lowest BCUT2D eigenvalue weighted by Crippen LogP contribution is -2.38. The molecule has 6 heteroatoms. The molecule has 2 heterocycles. The van der Waals surface area contributed by atoms with Crippen LogP contribution in [0.2, 0.25) is 0 Å². The zero-order valence-electron chi connectivity index (χ0n) is 15.9. The summed E-state index contributed by atoms with van der Waals surface area (Å²) in [7, 11) is 0. The second-order valence-corrected chi connectivity index (χ2v) is 7.54. The lowest BCUT2D eigenvalue weighted by molar-refractivity contribution is 0.0663. The van der Waals surface area contributed by atoms with Crippen LogP contribution >= 0.6 is 0 Å². The van der Waals surface area contributed by atoms with Crippen LogP contribution in [0.15, 0.2) is 30.6 Å². The SMILES string of the molecule is CC(C)c1ncc(C(=O)N(Cc2ccc3c(c2)OCO3)C2CCCC2)cn1. The molecule has 0 unspecified atom stereocenters. The zero-order chi connectivity index (χ0) is 18.8. The number of carbonyl (C=O) groups excluding carboxylic acids is 1. The Kier molecular flexibility index (Phi) is 4.97. The summed E-state index contributed by atoms with van der Waals surface area (Å²) in [4.78, 5) is 23.9. The first-order chi connectivity index (χ1) is 13.1. The molecular weight excluding hydrogens is 342 g/mol. The minimum absolute atomic E-state index is 0.00475. The maximum Gasteiger partial charge on any atom is 0.257 e. The third-order valence-corrected chi connectivity index (χ3v) is 5.25. The van der Waals surface area contributed by atoms with Crippen LogP contribution < -0.4 is 9.47 Å². The Morgan fingerprint density at radius 1 is 1.15 bits per heavy atom. The van der Waals surface area contributed by atoms with Crippen LogP contribution in [0.4, 0.5) is 0 Å². The largest absolute Gasteiger partial charge is 0.454 e. The van der Waals surface area contributed by atoms with Crippen LogP contribution in [-0.4, -0.2) is 33.6 Å². The molecule has 0 atom stereocenters. The number of hydrogen-bond acceptors (Lipinski definition) is 5. The van der Waals surface area contributed by atoms with E-state index in [0.717, 1.165) is 35.7 Å². The quantitative estimate of drug-likeness (QED) is 0.801. The number of rotatable bonds is 5. The Balaban J connectivity index is 1.57. The monoisotopic (exact) mass is 367 g/mol. The van der Waals surface area contributed by atoms with Crippen LogP contribution in [0.3, 0.4) is 0 Å². The lowest BCUT2D eigenvalue weighted by atomic mass is 10.1. The Hall–Kier alpha value is -2.63. The number of hydrogen-bond donors (Lipinski definition) is 0. The number of aromatic nitrogens is 2. The molecule has 1 aromatic carbocycles. The summed E-state index contributed by atoms with van der Waals surface area (Å²) >= 11 is 0. The van der Waals surface area contributed by atoms with Crippen molar-refractivity contribution in [2.24, 2.45) is 0 Å². The van der Waals surface area contributed by atoms with Gasteiger partial charge < -0.3 is 14.4 Å². The molecule has 0 spiro atoms. The van der Waals surface area contributed by atoms with Crippen molar-refractivity contribution in [3.63, 3.8) is 0 Å². The van der Waals surface area contributed by atoms with E-state index < -0.39 is 0 Å². The van der Waals surface area contributed by atoms with E-state index >= 15 is 0 Å². The average Bonchev–Trinajstić information content (AvgIpc) is 3.37. The number of fused-ring (bicyclic) bond motifs is 1. The molecule has 1 saturated carbocycles. The van der Waals surface area contributed by atoms with Crippen LogP contribution in [0, 0.1) is 0 Å². The molecule has 1 amide bonds. The van der Waals surface area contributed by atoms with Gasteiger partial charge in [0, 0.05) is 30.9 Å². The van der Waals surface area contributed by atoms with Gasteiger partial charge in [0.25, 0.3) is 5.91 Å². The fraction of sp³-hybridized carbons (Fsp3) is 0.476. The van der Waals surface area contributed by atoms with Crippen molar-refractivity contribution >= 4 is 5.91 Å². The van der Waals surface area contributed by atoms with E-state index in [9.17, 15) is 4.79 Å². The van der Waals surface area contributed by atoms with E-state index in [1.54, 1.807) is 12.4 Å². The predicted octanol–water partition coefficient (Wildman–Crippen LogP) is 3.91. The van der Waals surface area contributed by atoms with Crippen molar-refractivity contribution < 1.29 is 14.3 Å². The molecule has 2 aliphatic rings. The topological polar surface area (TPSA) is 64.6 Å². The van der Waals surface area contributed by atoms with Gasteiger partial charge in [-0.25, -0.2) is 9.97 Å². The molecule has 1 aromatic heterocycles. The van der Waals surface area contributed by atoms with Crippen LogP contribution in [0.1, 0.15) is 67.2 Å². The molecule has 4 rings (SSSR count). The fourth-order valence-corrected chi connectivity index (χ4v) is 3.73. The normalized spacial score (nSPS) is 16.1. The minimum atomic E-state index is -0.00475. The first-order valence-corrected chi connectivity index (χ1v) is 9.63. The molecule has 0 N–H and O–H groups in total. The Morgan fingerprint density at radius 3 is 2.56 bits per heavy atom. The molecule has 0 radical (unpaired) electrons. The maximum atomic E-state index is 13.2. The van der Waals surface area contributed by atoms with Crippen molar-refractivity contribution in [2.45, 2.75) is 58.0 Å². The second-order valence-electron chi connectivity index (χ2n) is 7.54. The van der Waals surface area contributed by atoms with Crippen molar-refractivity contribution in [1.82, 2.24) is 14.9 Å². The highest BCUT2D eigenvalue weighted by atomic mass is 16.7. The molecule has 1 aliphatic carbocycles. The highest BCUT2D eigenvalue weighted by Crippen LogP contribution is 2.34. The van der Waals surface area contributed by atoms with E-state index in [2.05, 4.69) is 9.97 Å². The minimum Gasteiger partial charge on any atom is -0.454 e. The first-order valence-electron chi connectivity index (χ1n) is 9.63. The summed E-state index contributed by atoms with van der Waals surface area (Å²) in [6.45, 7) is 4.89. The van der Waals surface area contributed by atoms with E-state index in [-0.39, 0.29) is 24.7 Å². The lowest BCUT2D eigenvalue weighted by Gasteiger charge is -2.29. The van der Waals surface area contributed by atoms with Crippen molar-refractivity contribution in [3.8, 4) is 11.5 Å². The van der Waals surface area contributed by atoms with E-state index in [1.165, 1.54) is 12.8 Å². The Morgan fingerprint density at radius 2 is 1.85 bits per heavy atom. The Bertz CT molecular complexity index is 814. The van der Waals surface area contributed by atoms with Gasteiger partial charge in [0.05, 0.1) is 5.56 Å². The summed E-state index contributed by atoms with van der Waals surface area (Å²) in [6, 6.07) is 6.14. The van der Waals surface area contributed by atoms with E-state index in [1.807, 2.05) is 36.9 Å².